The predicted octanol–water partition coefficient (Wildman–Crippen LogP) is 5.75. The van der Waals surface area contributed by atoms with E-state index in [0.29, 0.717) is 46.7 Å². The summed E-state index contributed by atoms with van der Waals surface area (Å²) >= 11 is 6.58. The Morgan fingerprint density at radius 2 is 2.03 bits per heavy atom. The molecule has 1 unspecified atom stereocenters. The largest absolute Gasteiger partial charge is 0.462 e. The average molecular weight is 510 g/mol. The van der Waals surface area contributed by atoms with Gasteiger partial charge in [0.1, 0.15) is 12.7 Å². The molecule has 190 valence electrons. The lowest BCUT2D eigenvalue weighted by atomic mass is 9.97. The maximum Gasteiger partial charge on any atom is 0.296 e. The minimum atomic E-state index is -0.964. The second-order valence-electron chi connectivity index (χ2n) is 9.25. The molecule has 1 aliphatic heterocycles. The van der Waals surface area contributed by atoms with Crippen molar-refractivity contribution in [2.45, 2.75) is 45.0 Å². The fourth-order valence-corrected chi connectivity index (χ4v) is 4.22. The normalized spacial score (nSPS) is 18.9. The van der Waals surface area contributed by atoms with E-state index in [1.807, 2.05) is 49.4 Å². The Morgan fingerprint density at radius 3 is 2.69 bits per heavy atom. The summed E-state index contributed by atoms with van der Waals surface area (Å²) in [7, 11) is 1.68. The summed E-state index contributed by atoms with van der Waals surface area (Å²) in [6.45, 7) is 10.3. The molecular formula is C28H32ClN3O4. The number of nitrogens with one attached hydrogen (secondary N) is 1. The molecule has 1 aliphatic rings. The zero-order chi connectivity index (χ0) is 25.9. The molecular weight excluding hydrogens is 478 g/mol. The molecule has 0 spiro atoms. The van der Waals surface area contributed by atoms with E-state index in [1.54, 1.807) is 27.0 Å². The van der Waals surface area contributed by atoms with Gasteiger partial charge in [0.15, 0.2) is 5.65 Å². The lowest BCUT2D eigenvalue weighted by Crippen LogP contribution is -2.29. The van der Waals surface area contributed by atoms with Crippen molar-refractivity contribution < 1.29 is 19.3 Å². The van der Waals surface area contributed by atoms with Crippen molar-refractivity contribution in [3.8, 4) is 17.3 Å². The number of imidazole rings is 1. The summed E-state index contributed by atoms with van der Waals surface area (Å²) in [5, 5.41) is 10.6. The summed E-state index contributed by atoms with van der Waals surface area (Å²) in [4.78, 5) is 12.3. The van der Waals surface area contributed by atoms with Crippen LogP contribution in [0, 0.1) is 0 Å². The molecule has 36 heavy (non-hydrogen) atoms. The van der Waals surface area contributed by atoms with Crippen molar-refractivity contribution in [3.63, 3.8) is 0 Å². The number of pyridine rings is 1. The Morgan fingerprint density at radius 1 is 1.28 bits per heavy atom. The van der Waals surface area contributed by atoms with Gasteiger partial charge in [-0.05, 0) is 50.0 Å². The average Bonchev–Trinajstić information content (AvgIpc) is 3.48. The van der Waals surface area contributed by atoms with Gasteiger partial charge in [-0.15, -0.1) is 0 Å². The van der Waals surface area contributed by atoms with Crippen LogP contribution >= 0.6 is 11.6 Å². The fourth-order valence-electron chi connectivity index (χ4n) is 3.96. The van der Waals surface area contributed by atoms with Crippen molar-refractivity contribution in [1.82, 2.24) is 15.0 Å². The van der Waals surface area contributed by atoms with Crippen molar-refractivity contribution in [3.05, 3.63) is 71.3 Å². The van der Waals surface area contributed by atoms with Crippen LogP contribution in [0.25, 0.3) is 28.0 Å². The van der Waals surface area contributed by atoms with Crippen molar-refractivity contribution in [1.29, 1.82) is 0 Å². The first-order chi connectivity index (χ1) is 17.2. The second-order valence-corrected chi connectivity index (χ2v) is 9.66. The van der Waals surface area contributed by atoms with Gasteiger partial charge in [-0.3, -0.25) is 0 Å². The van der Waals surface area contributed by atoms with Gasteiger partial charge in [-0.2, -0.15) is 4.98 Å². The Bertz CT molecular complexity index is 1290. The third-order valence-corrected chi connectivity index (χ3v) is 6.58. The number of nitrogens with zero attached hydrogens (tertiary/aromatic N) is 2. The lowest BCUT2D eigenvalue weighted by Gasteiger charge is -2.17. The van der Waals surface area contributed by atoms with Gasteiger partial charge in [-0.25, -0.2) is 4.98 Å². The van der Waals surface area contributed by atoms with E-state index in [0.717, 1.165) is 23.1 Å². The summed E-state index contributed by atoms with van der Waals surface area (Å²) in [5.74, 6) is 0. The highest BCUT2D eigenvalue weighted by molar-refractivity contribution is 6.33. The molecule has 0 bridgehead atoms. The molecule has 1 aromatic carbocycles. The number of aromatic nitrogens is 3. The molecule has 0 radical (unpaired) electrons. The van der Waals surface area contributed by atoms with Gasteiger partial charge in [0.2, 0.25) is 0 Å². The maximum atomic E-state index is 10.1. The fraction of sp³-hybridized carbons (Fsp3) is 0.357. The number of ether oxygens (including phenoxy) is 3. The first kappa shape index (κ1) is 26.1. The van der Waals surface area contributed by atoms with E-state index >= 15 is 0 Å². The molecule has 1 saturated heterocycles. The molecule has 1 fully saturated rings. The van der Waals surface area contributed by atoms with Gasteiger partial charge in [0, 0.05) is 19.3 Å². The Kier molecular flexibility index (Phi) is 7.95. The van der Waals surface area contributed by atoms with Crippen LogP contribution in [0.4, 0.5) is 0 Å². The molecule has 0 amide bonds. The molecule has 4 rings (SSSR count). The Labute approximate surface area is 216 Å². The molecule has 8 heteroatoms. The van der Waals surface area contributed by atoms with Crippen molar-refractivity contribution in [2.24, 2.45) is 0 Å². The van der Waals surface area contributed by atoms with Crippen LogP contribution in [0.2, 0.25) is 5.02 Å². The smallest absolute Gasteiger partial charge is 0.296 e. The van der Waals surface area contributed by atoms with Crippen LogP contribution in [0.15, 0.2) is 60.7 Å². The van der Waals surface area contributed by atoms with Crippen LogP contribution in [0.5, 0.6) is 6.01 Å². The minimum Gasteiger partial charge on any atom is -0.462 e. The molecule has 3 heterocycles. The summed E-state index contributed by atoms with van der Waals surface area (Å²) in [6, 6.07) is 10.1. The summed E-state index contributed by atoms with van der Waals surface area (Å²) in [6.07, 6.45) is 6.54. The van der Waals surface area contributed by atoms with Gasteiger partial charge in [0.05, 0.1) is 27.9 Å². The molecule has 0 saturated carbocycles. The number of aliphatic hydroxyl groups is 1. The van der Waals surface area contributed by atoms with Crippen LogP contribution < -0.4 is 4.74 Å². The van der Waals surface area contributed by atoms with Gasteiger partial charge in [0.25, 0.3) is 6.01 Å². The number of rotatable bonds is 9. The van der Waals surface area contributed by atoms with Crippen LogP contribution in [-0.2, 0) is 9.47 Å². The molecule has 2 atom stereocenters. The second kappa shape index (κ2) is 11.0. The van der Waals surface area contributed by atoms with E-state index < -0.39 is 5.60 Å². The van der Waals surface area contributed by atoms with E-state index in [-0.39, 0.29) is 12.2 Å². The molecule has 3 aromatic rings. The van der Waals surface area contributed by atoms with Crippen LogP contribution in [0.1, 0.15) is 32.8 Å². The Balaban J connectivity index is 1.51. The van der Waals surface area contributed by atoms with Crippen LogP contribution in [-0.4, -0.2) is 58.2 Å². The van der Waals surface area contributed by atoms with E-state index in [4.69, 9.17) is 25.8 Å². The molecule has 2 N–H and O–H groups in total. The highest BCUT2D eigenvalue weighted by atomic mass is 35.5. The monoisotopic (exact) mass is 509 g/mol. The molecule has 7 nitrogen and oxygen atoms in total. The summed E-state index contributed by atoms with van der Waals surface area (Å²) in [5.41, 5.74) is 4.44. The molecule has 0 aliphatic carbocycles. The number of benzene rings is 1. The molecule has 2 aromatic heterocycles. The number of fused-ring (bicyclic) bond motifs is 1. The van der Waals surface area contributed by atoms with Crippen molar-refractivity contribution in [2.75, 3.05) is 20.3 Å². The van der Waals surface area contributed by atoms with Crippen LogP contribution in [0.3, 0.4) is 0 Å². The minimum absolute atomic E-state index is 0.0235. The Hall–Kier alpha value is -2.97. The highest BCUT2D eigenvalue weighted by Crippen LogP contribution is 2.31. The first-order valence-electron chi connectivity index (χ1n) is 11.9. The maximum absolute atomic E-state index is 10.1. The third-order valence-electron chi connectivity index (χ3n) is 6.29. The van der Waals surface area contributed by atoms with Gasteiger partial charge >= 0.3 is 0 Å². The number of hydrogen-bond acceptors (Lipinski definition) is 6. The number of allylic oxidation sites excluding steroid dienone is 3. The summed E-state index contributed by atoms with van der Waals surface area (Å²) < 4.78 is 16.9. The standard InChI is InChI=1S/C28H32ClN3O4/c1-6-18(8-7-17(2)28(3,4)33)19-9-11-20(12-10-19)25-21(29)15-22-26(31-25)32-27(30-22)36-16-24-23(34-5)13-14-35-24/h6-12,15,23-24,33H,2,13-14,16H2,1,3-5H3,(H,30,31,32)/b8-7-,18-6+/t23?,24-/m0/s1. The number of hydrogen-bond donors (Lipinski definition) is 2. The number of H-pyrrole nitrogens is 1. The third kappa shape index (κ3) is 5.87. The quantitative estimate of drug-likeness (QED) is 0.357. The topological polar surface area (TPSA) is 89.5 Å². The SMILES string of the molecule is C=C(/C=C\C(=C/C)c1ccc(-c2nc3nc(OC[C@@H]4OCCC4OC)[nH]c3cc2Cl)cc1)C(C)(C)O. The van der Waals surface area contributed by atoms with Gasteiger partial charge in [-0.1, -0.05) is 60.7 Å². The van der Waals surface area contributed by atoms with Crippen molar-refractivity contribution >= 4 is 28.3 Å². The van der Waals surface area contributed by atoms with Gasteiger partial charge < -0.3 is 24.3 Å². The zero-order valence-corrected chi connectivity index (χ0v) is 21.8. The van der Waals surface area contributed by atoms with E-state index in [1.165, 1.54) is 0 Å². The lowest BCUT2D eigenvalue weighted by molar-refractivity contribution is -0.0103. The number of methoxy groups -OCH3 is 1. The van der Waals surface area contributed by atoms with E-state index in [2.05, 4.69) is 21.5 Å². The number of halogens is 1. The predicted molar refractivity (Wildman–Crippen MR) is 143 cm³/mol. The number of aromatic amines is 1. The zero-order valence-electron chi connectivity index (χ0n) is 21.0. The first-order valence-corrected chi connectivity index (χ1v) is 12.3. The van der Waals surface area contributed by atoms with E-state index in [9.17, 15) is 5.11 Å². The highest BCUT2D eigenvalue weighted by Gasteiger charge is 2.29.